The predicted octanol–water partition coefficient (Wildman–Crippen LogP) is 4.31. The van der Waals surface area contributed by atoms with Crippen molar-refractivity contribution < 1.29 is 9.59 Å². The summed E-state index contributed by atoms with van der Waals surface area (Å²) in [5.41, 5.74) is 5.50. The van der Waals surface area contributed by atoms with Gasteiger partial charge in [-0.05, 0) is 63.3 Å². The Kier molecular flexibility index (Phi) is 4.64. The van der Waals surface area contributed by atoms with E-state index in [-0.39, 0.29) is 23.9 Å². The van der Waals surface area contributed by atoms with Crippen molar-refractivity contribution in [3.63, 3.8) is 0 Å². The summed E-state index contributed by atoms with van der Waals surface area (Å²) in [5, 5.41) is 4.77. The molecule has 6 heteroatoms. The number of amides is 2. The van der Waals surface area contributed by atoms with E-state index in [1.54, 1.807) is 0 Å². The molecule has 6 nitrogen and oxygen atoms in total. The molecule has 3 aromatic rings. The van der Waals surface area contributed by atoms with E-state index in [0.29, 0.717) is 30.3 Å². The molecule has 2 fully saturated rings. The zero-order valence-corrected chi connectivity index (χ0v) is 19.1. The lowest BCUT2D eigenvalue weighted by Gasteiger charge is -2.31. The third-order valence-corrected chi connectivity index (χ3v) is 7.35. The molecule has 0 N–H and O–H groups in total. The maximum absolute atomic E-state index is 13.9. The first-order chi connectivity index (χ1) is 16.0. The third-order valence-electron chi connectivity index (χ3n) is 7.35. The molecule has 2 aliphatic heterocycles. The number of rotatable bonds is 4. The van der Waals surface area contributed by atoms with E-state index in [1.165, 1.54) is 0 Å². The number of benzene rings is 2. The van der Waals surface area contributed by atoms with E-state index in [1.807, 2.05) is 78.0 Å². The van der Waals surface area contributed by atoms with E-state index in [2.05, 4.69) is 4.90 Å². The Bertz CT molecular complexity index is 1230. The number of para-hydroxylation sites is 1. The molecule has 168 valence electrons. The quantitative estimate of drug-likeness (QED) is 0.607. The Morgan fingerprint density at radius 2 is 1.70 bits per heavy atom. The van der Waals surface area contributed by atoms with Crippen molar-refractivity contribution >= 4 is 11.8 Å². The average Bonchev–Trinajstić information content (AvgIpc) is 3.33. The highest BCUT2D eigenvalue weighted by Crippen LogP contribution is 2.52. The second kappa shape index (κ2) is 7.58. The van der Waals surface area contributed by atoms with Crippen molar-refractivity contribution in [2.75, 3.05) is 13.1 Å². The standard InChI is InChI=1S/C27H28N4O2/c1-17-8-10-20(11-9-17)26(32)29-15-14-22(16-29)30-24(19-12-13-19)23-18(2)28-31(25(23)27(30)33)21-6-4-3-5-7-21/h3-11,19,22,24H,12-16H2,1-2H3. The topological polar surface area (TPSA) is 58.4 Å². The van der Waals surface area contributed by atoms with Crippen molar-refractivity contribution in [3.05, 3.63) is 82.7 Å². The molecule has 0 spiro atoms. The minimum absolute atomic E-state index is 0.0357. The number of hydrogen-bond acceptors (Lipinski definition) is 3. The highest BCUT2D eigenvalue weighted by molar-refractivity contribution is 5.99. The zero-order chi connectivity index (χ0) is 22.7. The molecule has 3 aliphatic rings. The fraction of sp³-hybridized carbons (Fsp3) is 0.370. The van der Waals surface area contributed by atoms with Gasteiger partial charge in [0, 0.05) is 24.2 Å². The summed E-state index contributed by atoms with van der Waals surface area (Å²) in [6, 6.07) is 17.8. The fourth-order valence-corrected chi connectivity index (χ4v) is 5.54. The molecule has 1 aliphatic carbocycles. The number of aromatic nitrogens is 2. The van der Waals surface area contributed by atoms with Gasteiger partial charge in [-0.15, -0.1) is 0 Å². The SMILES string of the molecule is Cc1ccc(C(=O)N2CCC(N3C(=O)c4c(c(C)nn4-c4ccccc4)C3C3CC3)C2)cc1. The van der Waals surface area contributed by atoms with Crippen LogP contribution in [0.1, 0.15) is 63.0 Å². The lowest BCUT2D eigenvalue weighted by molar-refractivity contribution is 0.0579. The normalized spacial score (nSPS) is 22.2. The van der Waals surface area contributed by atoms with Gasteiger partial charge in [-0.1, -0.05) is 35.9 Å². The maximum atomic E-state index is 13.9. The second-order valence-electron chi connectivity index (χ2n) is 9.65. The molecular formula is C27H28N4O2. The number of carbonyl (C=O) groups excluding carboxylic acids is 2. The number of aryl methyl sites for hydroxylation is 2. The van der Waals surface area contributed by atoms with E-state index in [4.69, 9.17) is 5.10 Å². The molecule has 1 saturated carbocycles. The van der Waals surface area contributed by atoms with E-state index >= 15 is 0 Å². The monoisotopic (exact) mass is 440 g/mol. The summed E-state index contributed by atoms with van der Waals surface area (Å²) in [6.07, 6.45) is 3.10. The number of fused-ring (bicyclic) bond motifs is 1. The molecule has 2 aromatic carbocycles. The van der Waals surface area contributed by atoms with Crippen LogP contribution in [-0.4, -0.2) is 50.5 Å². The van der Waals surface area contributed by atoms with E-state index in [9.17, 15) is 9.59 Å². The Labute approximate surface area is 193 Å². The molecule has 6 rings (SSSR count). The average molecular weight is 441 g/mol. The molecule has 33 heavy (non-hydrogen) atoms. The number of hydrogen-bond donors (Lipinski definition) is 0. The molecule has 2 unspecified atom stereocenters. The number of carbonyl (C=O) groups is 2. The Morgan fingerprint density at radius 1 is 0.970 bits per heavy atom. The van der Waals surface area contributed by atoms with Crippen LogP contribution >= 0.6 is 0 Å². The van der Waals surface area contributed by atoms with Gasteiger partial charge >= 0.3 is 0 Å². The first-order valence-corrected chi connectivity index (χ1v) is 11.9. The van der Waals surface area contributed by atoms with Crippen LogP contribution < -0.4 is 0 Å². The molecule has 0 radical (unpaired) electrons. The molecule has 2 amide bonds. The fourth-order valence-electron chi connectivity index (χ4n) is 5.54. The van der Waals surface area contributed by atoms with E-state index in [0.717, 1.165) is 41.8 Å². The first-order valence-electron chi connectivity index (χ1n) is 11.9. The summed E-state index contributed by atoms with van der Waals surface area (Å²) >= 11 is 0. The summed E-state index contributed by atoms with van der Waals surface area (Å²) in [4.78, 5) is 31.0. The maximum Gasteiger partial charge on any atom is 0.273 e. The van der Waals surface area contributed by atoms with Gasteiger partial charge in [0.25, 0.3) is 11.8 Å². The van der Waals surface area contributed by atoms with Crippen LogP contribution in [0.4, 0.5) is 0 Å². The predicted molar refractivity (Wildman–Crippen MR) is 125 cm³/mol. The van der Waals surface area contributed by atoms with E-state index < -0.39 is 0 Å². The van der Waals surface area contributed by atoms with Crippen LogP contribution in [0.25, 0.3) is 5.69 Å². The van der Waals surface area contributed by atoms with Gasteiger partial charge < -0.3 is 9.80 Å². The minimum atomic E-state index is 0.0357. The summed E-state index contributed by atoms with van der Waals surface area (Å²) < 4.78 is 1.83. The van der Waals surface area contributed by atoms with Crippen LogP contribution in [0.3, 0.4) is 0 Å². The first kappa shape index (κ1) is 20.2. The molecule has 2 atom stereocenters. The van der Waals surface area contributed by atoms with Crippen LogP contribution in [0, 0.1) is 19.8 Å². The van der Waals surface area contributed by atoms with Crippen molar-refractivity contribution in [1.29, 1.82) is 0 Å². The second-order valence-corrected chi connectivity index (χ2v) is 9.65. The molecule has 1 saturated heterocycles. The third kappa shape index (κ3) is 3.27. The smallest absolute Gasteiger partial charge is 0.273 e. The van der Waals surface area contributed by atoms with Gasteiger partial charge in [-0.2, -0.15) is 5.10 Å². The van der Waals surface area contributed by atoms with Gasteiger partial charge in [-0.3, -0.25) is 9.59 Å². The lowest BCUT2D eigenvalue weighted by Crippen LogP contribution is -2.42. The van der Waals surface area contributed by atoms with Gasteiger partial charge in [0.1, 0.15) is 5.69 Å². The highest BCUT2D eigenvalue weighted by Gasteiger charge is 2.52. The summed E-state index contributed by atoms with van der Waals surface area (Å²) in [6.45, 7) is 5.31. The lowest BCUT2D eigenvalue weighted by atomic mass is 10.0. The van der Waals surface area contributed by atoms with Crippen LogP contribution in [0.2, 0.25) is 0 Å². The van der Waals surface area contributed by atoms with Gasteiger partial charge in [0.15, 0.2) is 0 Å². The zero-order valence-electron chi connectivity index (χ0n) is 19.1. The summed E-state index contributed by atoms with van der Waals surface area (Å²) in [5.74, 6) is 0.599. The largest absolute Gasteiger partial charge is 0.337 e. The molecule has 0 bridgehead atoms. The highest BCUT2D eigenvalue weighted by atomic mass is 16.2. The van der Waals surface area contributed by atoms with Crippen LogP contribution in [-0.2, 0) is 0 Å². The van der Waals surface area contributed by atoms with Crippen LogP contribution in [0.5, 0.6) is 0 Å². The number of nitrogens with zero attached hydrogens (tertiary/aromatic N) is 4. The van der Waals surface area contributed by atoms with Crippen molar-refractivity contribution in [3.8, 4) is 5.69 Å². The molecule has 3 heterocycles. The Balaban J connectivity index is 1.31. The Morgan fingerprint density at radius 3 is 2.39 bits per heavy atom. The van der Waals surface area contributed by atoms with Gasteiger partial charge in [-0.25, -0.2) is 4.68 Å². The van der Waals surface area contributed by atoms with Gasteiger partial charge in [0.2, 0.25) is 0 Å². The molecular weight excluding hydrogens is 412 g/mol. The summed E-state index contributed by atoms with van der Waals surface area (Å²) in [7, 11) is 0. The van der Waals surface area contributed by atoms with Gasteiger partial charge in [0.05, 0.1) is 23.5 Å². The molecule has 1 aromatic heterocycles. The van der Waals surface area contributed by atoms with Crippen molar-refractivity contribution in [1.82, 2.24) is 19.6 Å². The van der Waals surface area contributed by atoms with Crippen molar-refractivity contribution in [2.24, 2.45) is 5.92 Å². The van der Waals surface area contributed by atoms with Crippen molar-refractivity contribution in [2.45, 2.75) is 45.2 Å². The Hall–Kier alpha value is -3.41. The number of likely N-dealkylation sites (tertiary alicyclic amines) is 1. The van der Waals surface area contributed by atoms with Crippen LogP contribution in [0.15, 0.2) is 54.6 Å². The minimum Gasteiger partial charge on any atom is -0.337 e.